The van der Waals surface area contributed by atoms with Crippen LogP contribution in [0.3, 0.4) is 0 Å². The van der Waals surface area contributed by atoms with Gasteiger partial charge in [0.15, 0.2) is 0 Å². The highest BCUT2D eigenvalue weighted by atomic mass is 16.5. The lowest BCUT2D eigenvalue weighted by atomic mass is 10.1. The minimum absolute atomic E-state index is 0.707. The summed E-state index contributed by atoms with van der Waals surface area (Å²) in [7, 11) is 0. The van der Waals surface area contributed by atoms with Crippen LogP contribution in [0, 0.1) is 19.3 Å². The highest BCUT2D eigenvalue weighted by Crippen LogP contribution is 2.20. The highest BCUT2D eigenvalue weighted by molar-refractivity contribution is 5.36. The Balaban J connectivity index is 2.56. The molecular weight excluding hydrogens is 184 g/mol. The van der Waals surface area contributed by atoms with Gasteiger partial charge in [-0.2, -0.15) is 0 Å². The van der Waals surface area contributed by atoms with Crippen molar-refractivity contribution in [3.05, 3.63) is 29.3 Å². The van der Waals surface area contributed by atoms with Crippen molar-refractivity contribution in [2.45, 2.75) is 33.1 Å². The zero-order chi connectivity index (χ0) is 11.1. The summed E-state index contributed by atoms with van der Waals surface area (Å²) in [5, 5.41) is 0. The van der Waals surface area contributed by atoms with Crippen molar-refractivity contribution in [3.8, 4) is 18.1 Å². The van der Waals surface area contributed by atoms with Crippen LogP contribution in [0.2, 0.25) is 0 Å². The third kappa shape index (κ3) is 3.67. The molecule has 1 rings (SSSR count). The molecule has 0 amide bonds. The zero-order valence-electron chi connectivity index (χ0n) is 9.55. The van der Waals surface area contributed by atoms with Gasteiger partial charge in [0.25, 0.3) is 0 Å². The summed E-state index contributed by atoms with van der Waals surface area (Å²) in [5.41, 5.74) is 2.50. The average Bonchev–Trinajstić information content (AvgIpc) is 2.26. The predicted octanol–water partition coefficient (Wildman–Crippen LogP) is 3.35. The Kier molecular flexibility index (Phi) is 4.77. The summed E-state index contributed by atoms with van der Waals surface area (Å²) >= 11 is 0. The van der Waals surface area contributed by atoms with Gasteiger partial charge in [-0.1, -0.05) is 19.1 Å². The van der Waals surface area contributed by atoms with Crippen LogP contribution < -0.4 is 4.74 Å². The van der Waals surface area contributed by atoms with Crippen molar-refractivity contribution in [3.63, 3.8) is 0 Å². The second-order valence-corrected chi connectivity index (χ2v) is 3.61. The molecule has 0 saturated carbocycles. The maximum atomic E-state index is 5.69. The van der Waals surface area contributed by atoms with E-state index in [2.05, 4.69) is 38.0 Å². The summed E-state index contributed by atoms with van der Waals surface area (Å²) in [6.45, 7) is 4.92. The first kappa shape index (κ1) is 11.7. The smallest absolute Gasteiger partial charge is 0.122 e. The van der Waals surface area contributed by atoms with Crippen molar-refractivity contribution >= 4 is 0 Å². The molecule has 1 nitrogen and oxygen atoms in total. The van der Waals surface area contributed by atoms with Gasteiger partial charge in [-0.3, -0.25) is 0 Å². The molecule has 0 aliphatic heterocycles. The van der Waals surface area contributed by atoms with Crippen molar-refractivity contribution in [1.29, 1.82) is 0 Å². The molecule has 0 aromatic heterocycles. The Labute approximate surface area is 92.5 Å². The van der Waals surface area contributed by atoms with E-state index in [0.717, 1.165) is 25.0 Å². The quantitative estimate of drug-likeness (QED) is 0.525. The Morgan fingerprint density at radius 3 is 2.87 bits per heavy atom. The van der Waals surface area contributed by atoms with Crippen LogP contribution in [0.25, 0.3) is 0 Å². The second kappa shape index (κ2) is 6.14. The van der Waals surface area contributed by atoms with E-state index in [0.29, 0.717) is 6.61 Å². The van der Waals surface area contributed by atoms with E-state index in [1.54, 1.807) is 0 Å². The maximum absolute atomic E-state index is 5.69. The molecule has 1 aromatic carbocycles. The molecule has 0 aliphatic carbocycles. The number of ether oxygens (including phenoxy) is 1. The van der Waals surface area contributed by atoms with E-state index >= 15 is 0 Å². The van der Waals surface area contributed by atoms with Crippen molar-refractivity contribution in [2.24, 2.45) is 0 Å². The Bertz CT molecular complexity index is 347. The van der Waals surface area contributed by atoms with Gasteiger partial charge in [-0.15, -0.1) is 12.3 Å². The van der Waals surface area contributed by atoms with Gasteiger partial charge in [0.2, 0.25) is 0 Å². The monoisotopic (exact) mass is 202 g/mol. The van der Waals surface area contributed by atoms with Gasteiger partial charge in [0.1, 0.15) is 5.75 Å². The fourth-order valence-electron chi connectivity index (χ4n) is 1.38. The summed E-state index contributed by atoms with van der Waals surface area (Å²) in [5.74, 6) is 3.60. The van der Waals surface area contributed by atoms with Crippen LogP contribution in [-0.2, 0) is 6.42 Å². The third-order valence-electron chi connectivity index (χ3n) is 2.38. The average molecular weight is 202 g/mol. The molecule has 1 aromatic rings. The van der Waals surface area contributed by atoms with Gasteiger partial charge < -0.3 is 4.74 Å². The molecule has 0 heterocycles. The molecule has 0 radical (unpaired) electrons. The first-order valence-corrected chi connectivity index (χ1v) is 5.43. The normalized spacial score (nSPS) is 9.67. The lowest BCUT2D eigenvalue weighted by Crippen LogP contribution is -1.99. The van der Waals surface area contributed by atoms with E-state index in [9.17, 15) is 0 Å². The van der Waals surface area contributed by atoms with Crippen LogP contribution in [0.4, 0.5) is 0 Å². The lowest BCUT2D eigenvalue weighted by Gasteiger charge is -2.09. The fraction of sp³-hybridized carbons (Fsp3) is 0.429. The molecule has 0 spiro atoms. The molecule has 0 N–H and O–H groups in total. The van der Waals surface area contributed by atoms with Gasteiger partial charge in [-0.05, 0) is 37.0 Å². The van der Waals surface area contributed by atoms with Crippen molar-refractivity contribution < 1.29 is 4.74 Å². The SMILES string of the molecule is C#CCCCOc1cc(CC)ccc1C. The molecule has 0 saturated heterocycles. The molecule has 0 fully saturated rings. The number of terminal acetylenes is 1. The molecule has 0 unspecified atom stereocenters. The van der Waals surface area contributed by atoms with Crippen molar-refractivity contribution in [1.82, 2.24) is 0 Å². The highest BCUT2D eigenvalue weighted by Gasteiger charge is 2.00. The lowest BCUT2D eigenvalue weighted by molar-refractivity contribution is 0.310. The van der Waals surface area contributed by atoms with Gasteiger partial charge >= 0.3 is 0 Å². The fourth-order valence-corrected chi connectivity index (χ4v) is 1.38. The first-order valence-electron chi connectivity index (χ1n) is 5.43. The van der Waals surface area contributed by atoms with Crippen LogP contribution in [0.5, 0.6) is 5.75 Å². The first-order chi connectivity index (χ1) is 7.27. The topological polar surface area (TPSA) is 9.23 Å². The van der Waals surface area contributed by atoms with Crippen molar-refractivity contribution in [2.75, 3.05) is 6.61 Å². The van der Waals surface area contributed by atoms with E-state index in [1.165, 1.54) is 11.1 Å². The Morgan fingerprint density at radius 1 is 1.40 bits per heavy atom. The predicted molar refractivity (Wildman–Crippen MR) is 64.1 cm³/mol. The summed E-state index contributed by atoms with van der Waals surface area (Å²) in [4.78, 5) is 0. The molecule has 0 atom stereocenters. The minimum atomic E-state index is 0.707. The van der Waals surface area contributed by atoms with Crippen LogP contribution in [0.15, 0.2) is 18.2 Å². The number of benzene rings is 1. The van der Waals surface area contributed by atoms with E-state index in [1.807, 2.05) is 0 Å². The number of aryl methyl sites for hydroxylation is 2. The van der Waals surface area contributed by atoms with Crippen LogP contribution >= 0.6 is 0 Å². The number of hydrogen-bond donors (Lipinski definition) is 0. The van der Waals surface area contributed by atoms with Crippen LogP contribution in [-0.4, -0.2) is 6.61 Å². The van der Waals surface area contributed by atoms with E-state index in [4.69, 9.17) is 11.2 Å². The minimum Gasteiger partial charge on any atom is -0.493 e. The molecule has 80 valence electrons. The standard InChI is InChI=1S/C14H18O/c1-4-6-7-10-15-14-11-13(5-2)9-8-12(14)3/h1,8-9,11H,5-7,10H2,2-3H3. The number of rotatable bonds is 5. The largest absolute Gasteiger partial charge is 0.493 e. The van der Waals surface area contributed by atoms with E-state index in [-0.39, 0.29) is 0 Å². The molecule has 0 aliphatic rings. The number of unbranched alkanes of at least 4 members (excludes halogenated alkanes) is 1. The van der Waals surface area contributed by atoms with Gasteiger partial charge in [-0.25, -0.2) is 0 Å². The Hall–Kier alpha value is -1.42. The third-order valence-corrected chi connectivity index (χ3v) is 2.38. The summed E-state index contributed by atoms with van der Waals surface area (Å²) in [6.07, 6.45) is 7.93. The summed E-state index contributed by atoms with van der Waals surface area (Å²) in [6, 6.07) is 6.37. The molecular formula is C14H18O. The summed E-state index contributed by atoms with van der Waals surface area (Å²) < 4.78 is 5.69. The molecule has 1 heteroatoms. The second-order valence-electron chi connectivity index (χ2n) is 3.61. The number of hydrogen-bond acceptors (Lipinski definition) is 1. The van der Waals surface area contributed by atoms with E-state index < -0.39 is 0 Å². The zero-order valence-corrected chi connectivity index (χ0v) is 9.55. The molecule has 15 heavy (non-hydrogen) atoms. The molecule has 0 bridgehead atoms. The van der Waals surface area contributed by atoms with Crippen LogP contribution in [0.1, 0.15) is 30.9 Å². The maximum Gasteiger partial charge on any atom is 0.122 e. The van der Waals surface area contributed by atoms with Gasteiger partial charge in [0.05, 0.1) is 6.61 Å². The Morgan fingerprint density at radius 2 is 2.20 bits per heavy atom. The van der Waals surface area contributed by atoms with Gasteiger partial charge in [0, 0.05) is 6.42 Å².